The molecule has 0 fully saturated rings. The van der Waals surface area contributed by atoms with Gasteiger partial charge in [0.1, 0.15) is 23.1 Å². The van der Waals surface area contributed by atoms with Crippen LogP contribution in [0.2, 0.25) is 0 Å². The molecule has 0 bridgehead atoms. The first-order valence-electron chi connectivity index (χ1n) is 5.32. The molecule has 0 aliphatic rings. The molecule has 2 rings (SSSR count). The fourth-order valence-corrected chi connectivity index (χ4v) is 1.66. The number of hydrogen-bond donors (Lipinski definition) is 2. The lowest BCUT2D eigenvalue weighted by atomic mass is 10.2. The van der Waals surface area contributed by atoms with Crippen molar-refractivity contribution < 1.29 is 9.18 Å². The summed E-state index contributed by atoms with van der Waals surface area (Å²) in [6.45, 7) is 0. The number of aryl methyl sites for hydroxylation is 1. The number of anilines is 2. The highest BCUT2D eigenvalue weighted by Crippen LogP contribution is 2.19. The molecule has 2 aromatic rings. The number of hydrogen-bond acceptors (Lipinski definition) is 4. The molecular formula is C12H10FN5O. The van der Waals surface area contributed by atoms with Crippen molar-refractivity contribution in [1.82, 2.24) is 9.78 Å². The van der Waals surface area contributed by atoms with E-state index in [1.165, 1.54) is 23.0 Å². The van der Waals surface area contributed by atoms with Crippen LogP contribution in [0.1, 0.15) is 16.1 Å². The fraction of sp³-hybridized carbons (Fsp3) is 0.0833. The van der Waals surface area contributed by atoms with Crippen LogP contribution in [0.3, 0.4) is 0 Å². The first-order valence-corrected chi connectivity index (χ1v) is 5.32. The molecule has 0 spiro atoms. The highest BCUT2D eigenvalue weighted by Gasteiger charge is 2.17. The van der Waals surface area contributed by atoms with Crippen molar-refractivity contribution in [3.63, 3.8) is 0 Å². The molecule has 0 saturated carbocycles. The van der Waals surface area contributed by atoms with Crippen molar-refractivity contribution in [2.24, 2.45) is 7.05 Å². The van der Waals surface area contributed by atoms with Crippen LogP contribution in [-0.2, 0) is 7.05 Å². The zero-order valence-electron chi connectivity index (χ0n) is 10.0. The van der Waals surface area contributed by atoms with Crippen molar-refractivity contribution in [2.45, 2.75) is 0 Å². The zero-order chi connectivity index (χ0) is 14.0. The molecule has 1 aromatic carbocycles. The number of carbonyl (C=O) groups excluding carboxylic acids is 1. The second kappa shape index (κ2) is 4.78. The summed E-state index contributed by atoms with van der Waals surface area (Å²) < 4.78 is 14.7. The van der Waals surface area contributed by atoms with Crippen LogP contribution in [0, 0.1) is 17.1 Å². The van der Waals surface area contributed by atoms with Gasteiger partial charge in [-0.1, -0.05) is 6.07 Å². The number of nitrogens with one attached hydrogen (secondary N) is 1. The van der Waals surface area contributed by atoms with Gasteiger partial charge in [-0.2, -0.15) is 10.4 Å². The van der Waals surface area contributed by atoms with Crippen molar-refractivity contribution in [3.8, 4) is 6.07 Å². The van der Waals surface area contributed by atoms with Crippen LogP contribution in [0.25, 0.3) is 0 Å². The number of amides is 1. The van der Waals surface area contributed by atoms with Crippen molar-refractivity contribution in [1.29, 1.82) is 5.26 Å². The number of aromatic nitrogens is 2. The monoisotopic (exact) mass is 259 g/mol. The van der Waals surface area contributed by atoms with Crippen molar-refractivity contribution in [3.05, 3.63) is 41.5 Å². The Balaban J connectivity index is 2.36. The van der Waals surface area contributed by atoms with Gasteiger partial charge in [-0.3, -0.25) is 9.48 Å². The minimum absolute atomic E-state index is 0.0908. The van der Waals surface area contributed by atoms with E-state index < -0.39 is 11.7 Å². The molecule has 3 N–H and O–H groups in total. The summed E-state index contributed by atoms with van der Waals surface area (Å²) in [5, 5.41) is 15.1. The number of nitrogens with zero attached hydrogens (tertiary/aromatic N) is 3. The third kappa shape index (κ3) is 2.24. The maximum absolute atomic E-state index is 13.4. The van der Waals surface area contributed by atoms with Crippen LogP contribution in [0.15, 0.2) is 24.4 Å². The van der Waals surface area contributed by atoms with E-state index in [1.807, 2.05) is 0 Å². The maximum atomic E-state index is 13.4. The largest absolute Gasteiger partial charge is 0.396 e. The Labute approximate surface area is 108 Å². The average Bonchev–Trinajstić information content (AvgIpc) is 2.69. The predicted molar refractivity (Wildman–Crippen MR) is 66.7 cm³/mol. The lowest BCUT2D eigenvalue weighted by molar-refractivity contribution is 0.101. The van der Waals surface area contributed by atoms with Crippen LogP contribution in [-0.4, -0.2) is 15.7 Å². The van der Waals surface area contributed by atoms with Crippen molar-refractivity contribution in [2.75, 3.05) is 11.1 Å². The molecule has 19 heavy (non-hydrogen) atoms. The molecule has 1 heterocycles. The minimum atomic E-state index is -0.696. The Morgan fingerprint density at radius 3 is 2.89 bits per heavy atom. The number of halogens is 1. The molecule has 0 atom stereocenters. The van der Waals surface area contributed by atoms with Gasteiger partial charge in [-0.05, 0) is 12.1 Å². The number of rotatable bonds is 2. The molecule has 0 saturated heterocycles. The summed E-state index contributed by atoms with van der Waals surface area (Å²) in [5.74, 6) is -1.25. The van der Waals surface area contributed by atoms with Gasteiger partial charge in [0.05, 0.1) is 17.6 Å². The molecule has 7 heteroatoms. The summed E-state index contributed by atoms with van der Waals surface area (Å²) in [7, 11) is 1.56. The number of carbonyl (C=O) groups is 1. The molecule has 0 unspecified atom stereocenters. The fourth-order valence-electron chi connectivity index (χ4n) is 1.66. The van der Waals surface area contributed by atoms with Crippen molar-refractivity contribution >= 4 is 17.3 Å². The lowest BCUT2D eigenvalue weighted by Crippen LogP contribution is -2.18. The minimum Gasteiger partial charge on any atom is -0.396 e. The second-order valence-electron chi connectivity index (χ2n) is 3.80. The van der Waals surface area contributed by atoms with Gasteiger partial charge in [0.15, 0.2) is 0 Å². The number of nitrogens with two attached hydrogens (primary N) is 1. The summed E-state index contributed by atoms with van der Waals surface area (Å²) >= 11 is 0. The second-order valence-corrected chi connectivity index (χ2v) is 3.80. The van der Waals surface area contributed by atoms with E-state index in [0.29, 0.717) is 0 Å². The number of benzene rings is 1. The molecule has 0 radical (unpaired) electrons. The van der Waals surface area contributed by atoms with Gasteiger partial charge in [-0.25, -0.2) is 4.39 Å². The van der Waals surface area contributed by atoms with Gasteiger partial charge in [0.25, 0.3) is 5.91 Å². The normalized spacial score (nSPS) is 9.95. The van der Waals surface area contributed by atoms with Crippen LogP contribution >= 0.6 is 0 Å². The van der Waals surface area contributed by atoms with Crippen LogP contribution < -0.4 is 11.1 Å². The predicted octanol–water partition coefficient (Wildman–Crippen LogP) is 1.27. The number of nitriles is 1. The quantitative estimate of drug-likeness (QED) is 0.848. The summed E-state index contributed by atoms with van der Waals surface area (Å²) in [5.41, 5.74) is 5.83. The molecular weight excluding hydrogens is 249 g/mol. The third-order valence-corrected chi connectivity index (χ3v) is 2.56. The standard InChI is InChI=1S/C12H10FN5O/c1-18-11(9(15)6-16-18)12(19)17-10-4-2-3-8(13)7(10)5-14/h2-4,6H,15H2,1H3,(H,17,19). The topological polar surface area (TPSA) is 96.7 Å². The molecule has 0 aliphatic heterocycles. The average molecular weight is 259 g/mol. The van der Waals surface area contributed by atoms with E-state index in [4.69, 9.17) is 11.0 Å². The Morgan fingerprint density at radius 2 is 2.32 bits per heavy atom. The highest BCUT2D eigenvalue weighted by molar-refractivity contribution is 6.06. The third-order valence-electron chi connectivity index (χ3n) is 2.56. The van der Waals surface area contributed by atoms with Gasteiger partial charge < -0.3 is 11.1 Å². The zero-order valence-corrected chi connectivity index (χ0v) is 10.0. The van der Waals surface area contributed by atoms with Gasteiger partial charge >= 0.3 is 0 Å². The number of nitrogen functional groups attached to an aromatic ring is 1. The SMILES string of the molecule is Cn1ncc(N)c1C(=O)Nc1cccc(F)c1C#N. The Morgan fingerprint density at radius 1 is 1.58 bits per heavy atom. The van der Waals surface area contributed by atoms with Gasteiger partial charge in [0, 0.05) is 7.05 Å². The first-order chi connectivity index (χ1) is 9.04. The van der Waals surface area contributed by atoms with Crippen LogP contribution in [0.5, 0.6) is 0 Å². The van der Waals surface area contributed by atoms with E-state index in [9.17, 15) is 9.18 Å². The Kier molecular flexibility index (Phi) is 3.16. The van der Waals surface area contributed by atoms with E-state index in [-0.39, 0.29) is 22.6 Å². The molecule has 1 aromatic heterocycles. The van der Waals surface area contributed by atoms with E-state index in [2.05, 4.69) is 10.4 Å². The summed E-state index contributed by atoms with van der Waals surface area (Å²) in [6.07, 6.45) is 1.34. The van der Waals surface area contributed by atoms with E-state index in [1.54, 1.807) is 13.1 Å². The lowest BCUT2D eigenvalue weighted by Gasteiger charge is -2.08. The molecule has 6 nitrogen and oxygen atoms in total. The smallest absolute Gasteiger partial charge is 0.276 e. The first kappa shape index (κ1) is 12.6. The van der Waals surface area contributed by atoms with Gasteiger partial charge in [-0.15, -0.1) is 0 Å². The Hall–Kier alpha value is -2.88. The highest BCUT2D eigenvalue weighted by atomic mass is 19.1. The summed E-state index contributed by atoms with van der Waals surface area (Å²) in [4.78, 5) is 12.0. The van der Waals surface area contributed by atoms with Crippen LogP contribution in [0.4, 0.5) is 15.8 Å². The maximum Gasteiger partial charge on any atom is 0.276 e. The molecule has 96 valence electrons. The molecule has 1 amide bonds. The van der Waals surface area contributed by atoms with Gasteiger partial charge in [0.2, 0.25) is 0 Å². The Bertz CT molecular complexity index is 666. The van der Waals surface area contributed by atoms with E-state index >= 15 is 0 Å². The molecule has 0 aliphatic carbocycles. The summed E-state index contributed by atoms with van der Waals surface area (Å²) in [6, 6.07) is 5.68. The van der Waals surface area contributed by atoms with E-state index in [0.717, 1.165) is 6.07 Å².